The summed E-state index contributed by atoms with van der Waals surface area (Å²) in [6, 6.07) is 10.3. The van der Waals surface area contributed by atoms with Crippen LogP contribution < -0.4 is 10.1 Å². The Balaban J connectivity index is 2.19. The normalized spacial score (nSPS) is 11.6. The molecule has 0 heterocycles. The lowest BCUT2D eigenvalue weighted by atomic mass is 10.1. The van der Waals surface area contributed by atoms with Gasteiger partial charge in [-0.1, -0.05) is 45.7 Å². The van der Waals surface area contributed by atoms with Crippen LogP contribution in [0.1, 0.15) is 23.6 Å². The number of hydrogen-bond acceptors (Lipinski definition) is 3. The summed E-state index contributed by atoms with van der Waals surface area (Å²) in [5.41, 5.74) is 2.81. The van der Waals surface area contributed by atoms with Crippen molar-refractivity contribution in [2.45, 2.75) is 33.4 Å². The zero-order valence-electron chi connectivity index (χ0n) is 16.4. The molecule has 0 aliphatic rings. The number of amides is 2. The van der Waals surface area contributed by atoms with Gasteiger partial charge in [0, 0.05) is 23.1 Å². The van der Waals surface area contributed by atoms with Crippen LogP contribution in [0.15, 0.2) is 40.9 Å². The molecule has 0 bridgehead atoms. The molecule has 2 aromatic carbocycles. The van der Waals surface area contributed by atoms with Crippen LogP contribution in [0, 0.1) is 13.8 Å². The maximum Gasteiger partial charge on any atom is 0.261 e. The Hall–Kier alpha value is -2.05. The third-order valence-electron chi connectivity index (χ3n) is 4.48. The largest absolute Gasteiger partial charge is 0.484 e. The van der Waals surface area contributed by atoms with Gasteiger partial charge in [0.25, 0.3) is 5.91 Å². The number of carbonyl (C=O) groups excluding carboxylic acids is 2. The van der Waals surface area contributed by atoms with Crippen molar-refractivity contribution in [3.8, 4) is 5.75 Å². The van der Waals surface area contributed by atoms with Crippen LogP contribution in [-0.2, 0) is 16.1 Å². The Kier molecular flexibility index (Phi) is 7.89. The molecule has 0 saturated heterocycles. The van der Waals surface area contributed by atoms with Crippen LogP contribution >= 0.6 is 27.5 Å². The van der Waals surface area contributed by atoms with E-state index < -0.39 is 6.04 Å². The van der Waals surface area contributed by atoms with Crippen molar-refractivity contribution in [3.63, 3.8) is 0 Å². The first-order valence-corrected chi connectivity index (χ1v) is 10.1. The Bertz CT molecular complexity index is 849. The van der Waals surface area contributed by atoms with E-state index in [9.17, 15) is 9.59 Å². The fourth-order valence-corrected chi connectivity index (χ4v) is 3.24. The lowest BCUT2D eigenvalue weighted by Gasteiger charge is -2.28. The van der Waals surface area contributed by atoms with Gasteiger partial charge in [0.2, 0.25) is 5.91 Å². The van der Waals surface area contributed by atoms with Gasteiger partial charge in [0.15, 0.2) is 6.61 Å². The minimum Gasteiger partial charge on any atom is -0.484 e. The summed E-state index contributed by atoms with van der Waals surface area (Å²) in [5.74, 6) is 0.0572. The number of benzene rings is 2. The second-order valence-electron chi connectivity index (χ2n) is 6.56. The van der Waals surface area contributed by atoms with Crippen molar-refractivity contribution in [2.75, 3.05) is 13.7 Å². The number of ether oxygens (including phenoxy) is 1. The maximum atomic E-state index is 12.9. The van der Waals surface area contributed by atoms with Gasteiger partial charge in [-0.3, -0.25) is 9.59 Å². The molecular formula is C21H24BrClN2O3. The van der Waals surface area contributed by atoms with E-state index >= 15 is 0 Å². The average Bonchev–Trinajstić information content (AvgIpc) is 2.68. The van der Waals surface area contributed by atoms with Crippen LogP contribution in [0.5, 0.6) is 5.75 Å². The molecule has 2 aromatic rings. The zero-order chi connectivity index (χ0) is 20.8. The van der Waals surface area contributed by atoms with Gasteiger partial charge in [-0.15, -0.1) is 0 Å². The minimum absolute atomic E-state index is 0.174. The van der Waals surface area contributed by atoms with E-state index in [-0.39, 0.29) is 25.0 Å². The smallest absolute Gasteiger partial charge is 0.261 e. The van der Waals surface area contributed by atoms with Gasteiger partial charge in [-0.05, 0) is 55.7 Å². The van der Waals surface area contributed by atoms with Gasteiger partial charge in [0.05, 0.1) is 0 Å². The maximum absolute atomic E-state index is 12.9. The van der Waals surface area contributed by atoms with Crippen molar-refractivity contribution in [1.82, 2.24) is 10.2 Å². The third kappa shape index (κ3) is 5.49. The highest BCUT2D eigenvalue weighted by Gasteiger charge is 2.26. The Morgan fingerprint density at radius 2 is 1.82 bits per heavy atom. The standard InChI is InChI=1S/C21H24BrClN2O3/c1-13-9-17(10-14(2)20(13)22)28-12-19(26)25(15(3)21(27)24-4)11-16-7-5-6-8-18(16)23/h5-10,15H,11-12H2,1-4H3,(H,24,27). The lowest BCUT2D eigenvalue weighted by Crippen LogP contribution is -2.48. The lowest BCUT2D eigenvalue weighted by molar-refractivity contribution is -0.142. The quantitative estimate of drug-likeness (QED) is 0.662. The Morgan fingerprint density at radius 3 is 2.39 bits per heavy atom. The molecule has 0 saturated carbocycles. The first kappa shape index (κ1) is 22.2. The van der Waals surface area contributed by atoms with Crippen LogP contribution in [0.3, 0.4) is 0 Å². The molecule has 28 heavy (non-hydrogen) atoms. The number of nitrogens with one attached hydrogen (secondary N) is 1. The Morgan fingerprint density at radius 1 is 1.21 bits per heavy atom. The molecule has 2 amide bonds. The predicted octanol–water partition coefficient (Wildman–Crippen LogP) is 4.26. The van der Waals surface area contributed by atoms with Crippen molar-refractivity contribution >= 4 is 39.3 Å². The summed E-state index contributed by atoms with van der Waals surface area (Å²) in [6.45, 7) is 5.65. The molecule has 1 unspecified atom stereocenters. The summed E-state index contributed by atoms with van der Waals surface area (Å²) in [4.78, 5) is 26.5. The van der Waals surface area contributed by atoms with E-state index in [1.165, 1.54) is 4.90 Å². The predicted molar refractivity (Wildman–Crippen MR) is 115 cm³/mol. The van der Waals surface area contributed by atoms with Crippen LogP contribution in [0.2, 0.25) is 5.02 Å². The third-order valence-corrected chi connectivity index (χ3v) is 6.10. The Labute approximate surface area is 179 Å². The molecule has 1 N–H and O–H groups in total. The second kappa shape index (κ2) is 9.94. The number of carbonyl (C=O) groups is 2. The van der Waals surface area contributed by atoms with Crippen LogP contribution in [0.4, 0.5) is 0 Å². The summed E-state index contributed by atoms with van der Waals surface area (Å²) in [6.07, 6.45) is 0. The van der Waals surface area contributed by atoms with Crippen LogP contribution in [-0.4, -0.2) is 36.4 Å². The number of aryl methyl sites for hydroxylation is 2. The van der Waals surface area contributed by atoms with E-state index in [2.05, 4.69) is 21.2 Å². The molecule has 0 aliphatic heterocycles. The number of rotatable bonds is 7. The molecule has 0 radical (unpaired) electrons. The zero-order valence-corrected chi connectivity index (χ0v) is 18.7. The fraction of sp³-hybridized carbons (Fsp3) is 0.333. The van der Waals surface area contributed by atoms with E-state index in [0.29, 0.717) is 10.8 Å². The summed E-state index contributed by atoms with van der Waals surface area (Å²) in [7, 11) is 1.54. The first-order chi connectivity index (χ1) is 13.2. The topological polar surface area (TPSA) is 58.6 Å². The molecule has 7 heteroatoms. The summed E-state index contributed by atoms with van der Waals surface area (Å²) >= 11 is 9.76. The second-order valence-corrected chi connectivity index (χ2v) is 7.76. The van der Waals surface area contributed by atoms with E-state index in [1.54, 1.807) is 20.0 Å². The number of likely N-dealkylation sites (N-methyl/N-ethyl adjacent to an activating group) is 1. The van der Waals surface area contributed by atoms with E-state index in [0.717, 1.165) is 21.2 Å². The van der Waals surface area contributed by atoms with Gasteiger partial charge in [-0.25, -0.2) is 0 Å². The van der Waals surface area contributed by atoms with Crippen molar-refractivity contribution in [2.24, 2.45) is 0 Å². The van der Waals surface area contributed by atoms with Gasteiger partial charge < -0.3 is 15.0 Å². The molecule has 150 valence electrons. The number of halogens is 2. The monoisotopic (exact) mass is 466 g/mol. The molecular weight excluding hydrogens is 444 g/mol. The van der Waals surface area contributed by atoms with Crippen molar-refractivity contribution < 1.29 is 14.3 Å². The highest BCUT2D eigenvalue weighted by atomic mass is 79.9. The van der Waals surface area contributed by atoms with Gasteiger partial charge >= 0.3 is 0 Å². The fourth-order valence-electron chi connectivity index (χ4n) is 2.82. The first-order valence-electron chi connectivity index (χ1n) is 8.88. The van der Waals surface area contributed by atoms with Gasteiger partial charge in [0.1, 0.15) is 11.8 Å². The number of nitrogens with zero attached hydrogens (tertiary/aromatic N) is 1. The van der Waals surface area contributed by atoms with E-state index in [4.69, 9.17) is 16.3 Å². The van der Waals surface area contributed by atoms with Gasteiger partial charge in [-0.2, -0.15) is 0 Å². The average molecular weight is 468 g/mol. The summed E-state index contributed by atoms with van der Waals surface area (Å²) < 4.78 is 6.73. The molecule has 2 rings (SSSR count). The highest BCUT2D eigenvalue weighted by molar-refractivity contribution is 9.10. The molecule has 0 aliphatic carbocycles. The molecule has 0 spiro atoms. The molecule has 0 fully saturated rings. The molecule has 0 aromatic heterocycles. The van der Waals surface area contributed by atoms with Crippen molar-refractivity contribution in [3.05, 3.63) is 62.6 Å². The summed E-state index contributed by atoms with van der Waals surface area (Å²) in [5, 5.41) is 3.13. The SMILES string of the molecule is CNC(=O)C(C)N(Cc1ccccc1Cl)C(=O)COc1cc(C)c(Br)c(C)c1. The highest BCUT2D eigenvalue weighted by Crippen LogP contribution is 2.26. The van der Waals surface area contributed by atoms with Crippen LogP contribution in [0.25, 0.3) is 0 Å². The molecule has 1 atom stereocenters. The minimum atomic E-state index is -0.661. The van der Waals surface area contributed by atoms with Crippen molar-refractivity contribution in [1.29, 1.82) is 0 Å². The number of hydrogen-bond donors (Lipinski definition) is 1. The van der Waals surface area contributed by atoms with E-state index in [1.807, 2.05) is 44.2 Å². The molecule has 5 nitrogen and oxygen atoms in total.